The van der Waals surface area contributed by atoms with Gasteiger partial charge in [-0.2, -0.15) is 0 Å². The number of hydrogen-bond acceptors (Lipinski definition) is 2. The van der Waals surface area contributed by atoms with Gasteiger partial charge in [-0.1, -0.05) is 46.0 Å². The van der Waals surface area contributed by atoms with Crippen LogP contribution in [0.3, 0.4) is 0 Å². The van der Waals surface area contributed by atoms with Gasteiger partial charge in [0.2, 0.25) is 0 Å². The van der Waals surface area contributed by atoms with Gasteiger partial charge in [0.1, 0.15) is 0 Å². The lowest BCUT2D eigenvalue weighted by molar-refractivity contribution is 0.0470. The maximum Gasteiger partial charge on any atom is 0.0247 e. The maximum atomic E-state index is 3.67. The van der Waals surface area contributed by atoms with E-state index in [2.05, 4.69) is 31.0 Å². The van der Waals surface area contributed by atoms with Crippen LogP contribution >= 0.6 is 0 Å². The van der Waals surface area contributed by atoms with Crippen LogP contribution in [0.25, 0.3) is 0 Å². The molecule has 2 rings (SSSR count). The Balaban J connectivity index is 2.00. The van der Waals surface area contributed by atoms with Gasteiger partial charge in [0.25, 0.3) is 0 Å². The summed E-state index contributed by atoms with van der Waals surface area (Å²) in [5, 5.41) is 3.67. The molecule has 0 spiro atoms. The third-order valence-corrected chi connectivity index (χ3v) is 4.90. The summed E-state index contributed by atoms with van der Waals surface area (Å²) in [6.07, 6.45) is 10.2. The molecule has 2 atom stereocenters. The van der Waals surface area contributed by atoms with Crippen LogP contribution in [0.2, 0.25) is 0 Å². The maximum absolute atomic E-state index is 3.67. The van der Waals surface area contributed by atoms with Crippen molar-refractivity contribution in [2.24, 2.45) is 5.92 Å². The molecule has 2 nitrogen and oxygen atoms in total. The summed E-state index contributed by atoms with van der Waals surface area (Å²) in [6, 6.07) is 2.29. The summed E-state index contributed by atoms with van der Waals surface area (Å²) in [6.45, 7) is 9.56. The van der Waals surface area contributed by atoms with Gasteiger partial charge in [-0.05, 0) is 25.7 Å². The number of piperazine rings is 1. The van der Waals surface area contributed by atoms with Gasteiger partial charge in [-0.3, -0.25) is 4.90 Å². The molecule has 1 N–H and O–H groups in total. The van der Waals surface area contributed by atoms with Crippen molar-refractivity contribution in [2.45, 2.75) is 83.8 Å². The molecular weight excluding hydrogens is 220 g/mol. The Labute approximate surface area is 114 Å². The summed E-state index contributed by atoms with van der Waals surface area (Å²) in [4.78, 5) is 2.86. The van der Waals surface area contributed by atoms with Crippen molar-refractivity contribution in [2.75, 3.05) is 13.1 Å². The van der Waals surface area contributed by atoms with Crippen LogP contribution in [0, 0.1) is 5.92 Å². The summed E-state index contributed by atoms with van der Waals surface area (Å²) < 4.78 is 0. The molecule has 2 aliphatic rings. The van der Waals surface area contributed by atoms with E-state index in [9.17, 15) is 0 Å². The summed E-state index contributed by atoms with van der Waals surface area (Å²) in [5.41, 5.74) is 0. The van der Waals surface area contributed by atoms with Gasteiger partial charge in [0, 0.05) is 31.2 Å². The third-order valence-electron chi connectivity index (χ3n) is 4.90. The number of nitrogens with one attached hydrogen (secondary N) is 1. The highest BCUT2D eigenvalue weighted by atomic mass is 15.3. The number of nitrogens with zero attached hydrogens (tertiary/aromatic N) is 1. The van der Waals surface area contributed by atoms with Gasteiger partial charge >= 0.3 is 0 Å². The minimum Gasteiger partial charge on any atom is -0.311 e. The van der Waals surface area contributed by atoms with Crippen LogP contribution in [0.15, 0.2) is 0 Å². The third kappa shape index (κ3) is 3.71. The van der Waals surface area contributed by atoms with Gasteiger partial charge in [0.15, 0.2) is 0 Å². The van der Waals surface area contributed by atoms with Crippen molar-refractivity contribution < 1.29 is 0 Å². The quantitative estimate of drug-likeness (QED) is 0.810. The molecule has 2 fully saturated rings. The smallest absolute Gasteiger partial charge is 0.0247 e. The van der Waals surface area contributed by atoms with Crippen molar-refractivity contribution in [1.29, 1.82) is 0 Å². The fraction of sp³-hybridized carbons (Fsp3) is 1.00. The Morgan fingerprint density at radius 1 is 1.00 bits per heavy atom. The predicted molar refractivity (Wildman–Crippen MR) is 78.9 cm³/mol. The molecule has 18 heavy (non-hydrogen) atoms. The molecular formula is C16H32N2. The van der Waals surface area contributed by atoms with Crippen LogP contribution in [0.4, 0.5) is 0 Å². The molecule has 106 valence electrons. The van der Waals surface area contributed by atoms with Crippen molar-refractivity contribution >= 4 is 0 Å². The predicted octanol–water partition coefficient (Wildman–Crippen LogP) is 3.42. The number of rotatable bonds is 2. The lowest BCUT2D eigenvalue weighted by Crippen LogP contribution is -2.60. The second-order valence-corrected chi connectivity index (χ2v) is 6.82. The van der Waals surface area contributed by atoms with E-state index in [1.165, 1.54) is 58.0 Å². The van der Waals surface area contributed by atoms with E-state index in [0.717, 1.165) is 18.0 Å². The fourth-order valence-corrected chi connectivity index (χ4v) is 3.76. The molecule has 1 aliphatic heterocycles. The molecule has 0 radical (unpaired) electrons. The Morgan fingerprint density at radius 2 is 1.61 bits per heavy atom. The zero-order valence-electron chi connectivity index (χ0n) is 12.6. The van der Waals surface area contributed by atoms with Crippen LogP contribution in [0.1, 0.15) is 65.7 Å². The van der Waals surface area contributed by atoms with E-state index < -0.39 is 0 Å². The molecule has 0 amide bonds. The molecule has 1 aliphatic carbocycles. The summed E-state index contributed by atoms with van der Waals surface area (Å²) >= 11 is 0. The van der Waals surface area contributed by atoms with Gasteiger partial charge < -0.3 is 5.32 Å². The SMILES string of the molecule is CC1CN(C2CCCCCCC2)C(C(C)C)CN1. The van der Waals surface area contributed by atoms with E-state index in [1.54, 1.807) is 0 Å². The monoisotopic (exact) mass is 252 g/mol. The van der Waals surface area contributed by atoms with Gasteiger partial charge in [0.05, 0.1) is 0 Å². The zero-order valence-corrected chi connectivity index (χ0v) is 12.6. The molecule has 2 unspecified atom stereocenters. The highest BCUT2D eigenvalue weighted by molar-refractivity contribution is 4.90. The molecule has 0 bridgehead atoms. The molecule has 0 aromatic heterocycles. The number of hydrogen-bond donors (Lipinski definition) is 1. The summed E-state index contributed by atoms with van der Waals surface area (Å²) in [7, 11) is 0. The first kappa shape index (κ1) is 14.3. The van der Waals surface area contributed by atoms with Crippen molar-refractivity contribution in [3.63, 3.8) is 0 Å². The van der Waals surface area contributed by atoms with Gasteiger partial charge in [-0.25, -0.2) is 0 Å². The fourth-order valence-electron chi connectivity index (χ4n) is 3.76. The van der Waals surface area contributed by atoms with E-state index in [1.807, 2.05) is 0 Å². The average molecular weight is 252 g/mol. The minimum atomic E-state index is 0.672. The Morgan fingerprint density at radius 3 is 2.22 bits per heavy atom. The van der Waals surface area contributed by atoms with Crippen LogP contribution in [-0.4, -0.2) is 36.1 Å². The molecule has 1 heterocycles. The molecule has 1 saturated heterocycles. The highest BCUT2D eigenvalue weighted by Crippen LogP contribution is 2.26. The van der Waals surface area contributed by atoms with E-state index in [0.29, 0.717) is 6.04 Å². The highest BCUT2D eigenvalue weighted by Gasteiger charge is 2.32. The van der Waals surface area contributed by atoms with Crippen LogP contribution < -0.4 is 5.32 Å². The van der Waals surface area contributed by atoms with Gasteiger partial charge in [-0.15, -0.1) is 0 Å². The van der Waals surface area contributed by atoms with Crippen molar-refractivity contribution in [3.8, 4) is 0 Å². The lowest BCUT2D eigenvalue weighted by atomic mass is 9.90. The first-order valence-electron chi connectivity index (χ1n) is 8.17. The molecule has 0 aromatic rings. The van der Waals surface area contributed by atoms with Crippen molar-refractivity contribution in [1.82, 2.24) is 10.2 Å². The molecule has 1 saturated carbocycles. The first-order valence-corrected chi connectivity index (χ1v) is 8.17. The summed E-state index contributed by atoms with van der Waals surface area (Å²) in [5.74, 6) is 0.774. The van der Waals surface area contributed by atoms with E-state index >= 15 is 0 Å². The largest absolute Gasteiger partial charge is 0.311 e. The topological polar surface area (TPSA) is 15.3 Å². The van der Waals surface area contributed by atoms with Crippen molar-refractivity contribution in [3.05, 3.63) is 0 Å². The van der Waals surface area contributed by atoms with E-state index in [-0.39, 0.29) is 0 Å². The normalized spacial score (nSPS) is 33.3. The van der Waals surface area contributed by atoms with E-state index in [4.69, 9.17) is 0 Å². The second kappa shape index (κ2) is 6.91. The Hall–Kier alpha value is -0.0800. The molecule has 0 aromatic carbocycles. The minimum absolute atomic E-state index is 0.672. The second-order valence-electron chi connectivity index (χ2n) is 6.82. The van der Waals surface area contributed by atoms with Crippen LogP contribution in [0.5, 0.6) is 0 Å². The standard InChI is InChI=1S/C16H32N2/c1-13(2)16-11-17-14(3)12-18(16)15-9-7-5-4-6-8-10-15/h13-17H,4-12H2,1-3H3. The Bertz CT molecular complexity index is 231. The van der Waals surface area contributed by atoms with Crippen LogP contribution in [-0.2, 0) is 0 Å². The molecule has 2 heteroatoms. The lowest BCUT2D eigenvalue weighted by Gasteiger charge is -2.46. The Kier molecular flexibility index (Phi) is 5.50. The average Bonchev–Trinajstić information content (AvgIpc) is 2.27. The zero-order chi connectivity index (χ0) is 13.0. The first-order chi connectivity index (χ1) is 8.68.